The molecule has 2 aromatic carbocycles. The quantitative estimate of drug-likeness (QED) is 0.564. The predicted molar refractivity (Wildman–Crippen MR) is 84.6 cm³/mol. The second-order valence-corrected chi connectivity index (χ2v) is 4.92. The van der Waals surface area contributed by atoms with E-state index in [2.05, 4.69) is 20.8 Å². The molecule has 3 rings (SSSR count). The summed E-state index contributed by atoms with van der Waals surface area (Å²) in [5.74, 6) is -0.349. The molecule has 1 heterocycles. The third kappa shape index (κ3) is 3.40. The Morgan fingerprint density at radius 1 is 1.21 bits per heavy atom. The van der Waals surface area contributed by atoms with Crippen LogP contribution in [0.15, 0.2) is 54.9 Å². The van der Waals surface area contributed by atoms with Crippen molar-refractivity contribution in [1.29, 1.82) is 0 Å². The molecule has 0 saturated carbocycles. The first kappa shape index (κ1) is 15.3. The Morgan fingerprint density at radius 2 is 2.04 bits per heavy atom. The van der Waals surface area contributed by atoms with E-state index in [4.69, 9.17) is 0 Å². The van der Waals surface area contributed by atoms with Gasteiger partial charge in [0.2, 0.25) is 5.91 Å². The Bertz CT molecular complexity index is 878. The van der Waals surface area contributed by atoms with Gasteiger partial charge in [-0.2, -0.15) is 0 Å². The van der Waals surface area contributed by atoms with Crippen LogP contribution in [-0.4, -0.2) is 31.0 Å². The maximum atomic E-state index is 12.2. The predicted octanol–water partition coefficient (Wildman–Crippen LogP) is 1.75. The lowest BCUT2D eigenvalue weighted by Gasteiger charge is -2.07. The van der Waals surface area contributed by atoms with Crippen molar-refractivity contribution in [3.05, 3.63) is 70.5 Å². The van der Waals surface area contributed by atoms with Crippen molar-refractivity contribution >= 4 is 17.3 Å². The van der Waals surface area contributed by atoms with Crippen molar-refractivity contribution in [2.75, 3.05) is 5.32 Å². The van der Waals surface area contributed by atoms with Crippen molar-refractivity contribution in [3.8, 4) is 5.69 Å². The molecule has 0 atom stereocenters. The van der Waals surface area contributed by atoms with Crippen LogP contribution in [-0.2, 0) is 11.2 Å². The van der Waals surface area contributed by atoms with E-state index < -0.39 is 4.92 Å². The van der Waals surface area contributed by atoms with Gasteiger partial charge in [0.05, 0.1) is 17.0 Å². The fourth-order valence-electron chi connectivity index (χ4n) is 2.22. The van der Waals surface area contributed by atoms with E-state index in [-0.39, 0.29) is 18.0 Å². The number of carbonyl (C=O) groups is 1. The van der Waals surface area contributed by atoms with Crippen LogP contribution >= 0.6 is 0 Å². The molecule has 0 aliphatic rings. The molecule has 3 aromatic rings. The van der Waals surface area contributed by atoms with Crippen LogP contribution in [0.25, 0.3) is 5.69 Å². The largest absolute Gasteiger partial charge is 0.326 e. The van der Waals surface area contributed by atoms with Crippen LogP contribution in [0.2, 0.25) is 0 Å². The van der Waals surface area contributed by atoms with E-state index in [1.54, 1.807) is 42.5 Å². The Balaban J connectivity index is 1.74. The highest BCUT2D eigenvalue weighted by Crippen LogP contribution is 2.19. The Kier molecular flexibility index (Phi) is 4.23. The van der Waals surface area contributed by atoms with Gasteiger partial charge in [0.15, 0.2) is 0 Å². The number of nitrogens with zero attached hydrogens (tertiary/aromatic N) is 5. The molecule has 1 amide bonds. The second kappa shape index (κ2) is 6.65. The molecule has 0 aliphatic heterocycles. The molecule has 120 valence electrons. The maximum absolute atomic E-state index is 12.2. The lowest BCUT2D eigenvalue weighted by Crippen LogP contribution is -2.15. The molecular formula is C15H12N6O3. The number of benzene rings is 2. The average molecular weight is 324 g/mol. The summed E-state index contributed by atoms with van der Waals surface area (Å²) in [6.07, 6.45) is 1.35. The van der Waals surface area contributed by atoms with Gasteiger partial charge >= 0.3 is 0 Å². The van der Waals surface area contributed by atoms with Crippen LogP contribution in [0.5, 0.6) is 0 Å². The molecule has 0 unspecified atom stereocenters. The van der Waals surface area contributed by atoms with Gasteiger partial charge in [-0.1, -0.05) is 24.3 Å². The Morgan fingerprint density at radius 3 is 2.79 bits per heavy atom. The average Bonchev–Trinajstić information content (AvgIpc) is 3.10. The highest BCUT2D eigenvalue weighted by molar-refractivity contribution is 5.93. The maximum Gasteiger partial charge on any atom is 0.273 e. The second-order valence-electron chi connectivity index (χ2n) is 4.92. The summed E-state index contributed by atoms with van der Waals surface area (Å²) < 4.78 is 1.46. The number of nitro groups is 1. The van der Waals surface area contributed by atoms with Crippen molar-refractivity contribution in [3.63, 3.8) is 0 Å². The van der Waals surface area contributed by atoms with Gasteiger partial charge in [-0.05, 0) is 28.6 Å². The van der Waals surface area contributed by atoms with Crippen molar-refractivity contribution in [2.24, 2.45) is 0 Å². The molecule has 0 saturated heterocycles. The molecule has 9 heteroatoms. The summed E-state index contributed by atoms with van der Waals surface area (Å²) in [7, 11) is 0. The molecule has 1 aromatic heterocycles. The molecule has 0 radical (unpaired) electrons. The van der Waals surface area contributed by atoms with Crippen LogP contribution < -0.4 is 5.32 Å². The van der Waals surface area contributed by atoms with Gasteiger partial charge in [-0.3, -0.25) is 14.9 Å². The lowest BCUT2D eigenvalue weighted by atomic mass is 10.1. The zero-order chi connectivity index (χ0) is 16.9. The fourth-order valence-corrected chi connectivity index (χ4v) is 2.22. The van der Waals surface area contributed by atoms with Crippen LogP contribution in [0.1, 0.15) is 5.56 Å². The van der Waals surface area contributed by atoms with Crippen LogP contribution in [0, 0.1) is 10.1 Å². The number of amides is 1. The number of nitrogens with one attached hydrogen (secondary N) is 1. The molecule has 1 N–H and O–H groups in total. The first-order chi connectivity index (χ1) is 11.6. The normalized spacial score (nSPS) is 10.3. The number of tetrazole rings is 1. The van der Waals surface area contributed by atoms with E-state index in [0.717, 1.165) is 0 Å². The number of anilines is 1. The summed E-state index contributed by atoms with van der Waals surface area (Å²) in [6, 6.07) is 13.1. The minimum atomic E-state index is -0.499. The molecule has 0 spiro atoms. The van der Waals surface area contributed by atoms with Crippen molar-refractivity contribution in [2.45, 2.75) is 6.42 Å². The van der Waals surface area contributed by atoms with Gasteiger partial charge in [0, 0.05) is 17.3 Å². The number of nitro benzene ring substituents is 1. The van der Waals surface area contributed by atoms with Gasteiger partial charge in [0.1, 0.15) is 6.33 Å². The van der Waals surface area contributed by atoms with E-state index >= 15 is 0 Å². The van der Waals surface area contributed by atoms with Gasteiger partial charge < -0.3 is 5.32 Å². The summed E-state index contributed by atoms with van der Waals surface area (Å²) in [4.78, 5) is 22.7. The van der Waals surface area contributed by atoms with Crippen LogP contribution in [0.3, 0.4) is 0 Å². The standard InChI is InChI=1S/C15H12N6O3/c22-15(8-11-4-1-2-7-14(11)21(23)24)17-12-5-3-6-13(9-12)20-10-16-18-19-20/h1-7,9-10H,8H2,(H,17,22). The molecule has 0 bridgehead atoms. The summed E-state index contributed by atoms with van der Waals surface area (Å²) in [6.45, 7) is 0. The zero-order valence-corrected chi connectivity index (χ0v) is 12.4. The van der Waals surface area contributed by atoms with Crippen LogP contribution in [0.4, 0.5) is 11.4 Å². The number of para-hydroxylation sites is 1. The van der Waals surface area contributed by atoms with E-state index in [1.165, 1.54) is 17.1 Å². The minimum Gasteiger partial charge on any atom is -0.326 e. The van der Waals surface area contributed by atoms with Gasteiger partial charge in [-0.15, -0.1) is 5.10 Å². The SMILES string of the molecule is O=C(Cc1ccccc1[N+](=O)[O-])Nc1cccc(-n2cnnn2)c1. The van der Waals surface area contributed by atoms with E-state index in [1.807, 2.05) is 0 Å². The highest BCUT2D eigenvalue weighted by atomic mass is 16.6. The van der Waals surface area contributed by atoms with Crippen molar-refractivity contribution < 1.29 is 9.72 Å². The fraction of sp³-hybridized carbons (Fsp3) is 0.0667. The first-order valence-corrected chi connectivity index (χ1v) is 6.99. The summed E-state index contributed by atoms with van der Waals surface area (Å²) >= 11 is 0. The number of hydrogen-bond acceptors (Lipinski definition) is 6. The summed E-state index contributed by atoms with van der Waals surface area (Å²) in [5, 5.41) is 24.6. The topological polar surface area (TPSA) is 116 Å². The number of rotatable bonds is 5. The number of aromatic nitrogens is 4. The van der Waals surface area contributed by atoms with Gasteiger partial charge in [0.25, 0.3) is 5.69 Å². The summed E-state index contributed by atoms with van der Waals surface area (Å²) in [5.41, 5.74) is 1.52. The molecule has 9 nitrogen and oxygen atoms in total. The minimum absolute atomic E-state index is 0.0740. The van der Waals surface area contributed by atoms with E-state index in [9.17, 15) is 14.9 Å². The molecular weight excluding hydrogens is 312 g/mol. The third-order valence-electron chi connectivity index (χ3n) is 3.28. The molecule has 0 aliphatic carbocycles. The lowest BCUT2D eigenvalue weighted by molar-refractivity contribution is -0.385. The Hall–Kier alpha value is -3.62. The monoisotopic (exact) mass is 324 g/mol. The van der Waals surface area contributed by atoms with E-state index in [0.29, 0.717) is 16.9 Å². The molecule has 24 heavy (non-hydrogen) atoms. The van der Waals surface area contributed by atoms with Gasteiger partial charge in [-0.25, -0.2) is 4.68 Å². The number of carbonyl (C=O) groups excluding carboxylic acids is 1. The van der Waals surface area contributed by atoms with Crippen molar-refractivity contribution in [1.82, 2.24) is 20.2 Å². The first-order valence-electron chi connectivity index (χ1n) is 6.99. The smallest absolute Gasteiger partial charge is 0.273 e. The third-order valence-corrected chi connectivity index (χ3v) is 3.28. The number of hydrogen-bond donors (Lipinski definition) is 1. The highest BCUT2D eigenvalue weighted by Gasteiger charge is 2.15. The zero-order valence-electron chi connectivity index (χ0n) is 12.4. The Labute approximate surface area is 136 Å². The molecule has 0 fully saturated rings.